The van der Waals surface area contributed by atoms with Gasteiger partial charge in [-0.3, -0.25) is 4.90 Å². The van der Waals surface area contributed by atoms with Crippen LogP contribution in [-0.4, -0.2) is 61.7 Å². The highest BCUT2D eigenvalue weighted by atomic mass is 15.2. The summed E-state index contributed by atoms with van der Waals surface area (Å²) in [5.41, 5.74) is 0. The Kier molecular flexibility index (Phi) is 6.79. The van der Waals surface area contributed by atoms with Crippen molar-refractivity contribution >= 4 is 0 Å². The topological polar surface area (TPSA) is 18.5 Å². The second-order valence-corrected chi connectivity index (χ2v) is 7.04. The van der Waals surface area contributed by atoms with Crippen LogP contribution in [0, 0.1) is 5.92 Å². The Morgan fingerprint density at radius 3 is 2.80 bits per heavy atom. The SMILES string of the molecule is CCCNC1CCCC1CCN1CCCN(C)CC1C. The zero-order valence-corrected chi connectivity index (χ0v) is 13.9. The first kappa shape index (κ1) is 16.3. The van der Waals surface area contributed by atoms with E-state index in [4.69, 9.17) is 0 Å². The fourth-order valence-electron chi connectivity index (χ4n) is 4.07. The average Bonchev–Trinajstić information content (AvgIpc) is 2.80. The van der Waals surface area contributed by atoms with Crippen LogP contribution in [0.2, 0.25) is 0 Å². The molecule has 1 saturated carbocycles. The molecule has 0 bridgehead atoms. The van der Waals surface area contributed by atoms with E-state index >= 15 is 0 Å². The van der Waals surface area contributed by atoms with Crippen molar-refractivity contribution in [3.05, 3.63) is 0 Å². The molecule has 3 atom stereocenters. The van der Waals surface area contributed by atoms with Crippen LogP contribution in [0.4, 0.5) is 0 Å². The maximum atomic E-state index is 3.77. The average molecular weight is 281 g/mol. The largest absolute Gasteiger partial charge is 0.314 e. The molecule has 1 aliphatic carbocycles. The highest BCUT2D eigenvalue weighted by molar-refractivity contribution is 4.85. The number of nitrogens with one attached hydrogen (secondary N) is 1. The van der Waals surface area contributed by atoms with Crippen LogP contribution in [0.15, 0.2) is 0 Å². The van der Waals surface area contributed by atoms with Crippen LogP contribution in [0.5, 0.6) is 0 Å². The van der Waals surface area contributed by atoms with Crippen molar-refractivity contribution in [3.63, 3.8) is 0 Å². The molecule has 3 unspecified atom stereocenters. The number of rotatable bonds is 6. The molecule has 1 aliphatic heterocycles. The molecule has 20 heavy (non-hydrogen) atoms. The van der Waals surface area contributed by atoms with Gasteiger partial charge in [-0.1, -0.05) is 13.3 Å². The normalized spacial score (nSPS) is 33.5. The lowest BCUT2D eigenvalue weighted by Crippen LogP contribution is -2.40. The van der Waals surface area contributed by atoms with Gasteiger partial charge < -0.3 is 10.2 Å². The van der Waals surface area contributed by atoms with Gasteiger partial charge in [0, 0.05) is 18.6 Å². The molecule has 1 saturated heterocycles. The molecule has 3 heteroatoms. The van der Waals surface area contributed by atoms with Crippen molar-refractivity contribution < 1.29 is 0 Å². The van der Waals surface area contributed by atoms with Crippen LogP contribution in [0.25, 0.3) is 0 Å². The van der Waals surface area contributed by atoms with Gasteiger partial charge in [0.25, 0.3) is 0 Å². The molecule has 0 radical (unpaired) electrons. The van der Waals surface area contributed by atoms with E-state index in [1.807, 2.05) is 0 Å². The van der Waals surface area contributed by atoms with E-state index in [0.717, 1.165) is 18.0 Å². The van der Waals surface area contributed by atoms with Gasteiger partial charge >= 0.3 is 0 Å². The molecule has 2 fully saturated rings. The van der Waals surface area contributed by atoms with E-state index in [0.29, 0.717) is 0 Å². The van der Waals surface area contributed by atoms with Gasteiger partial charge in [0.15, 0.2) is 0 Å². The number of hydrogen-bond acceptors (Lipinski definition) is 3. The van der Waals surface area contributed by atoms with Gasteiger partial charge in [-0.2, -0.15) is 0 Å². The van der Waals surface area contributed by atoms with E-state index in [9.17, 15) is 0 Å². The predicted molar refractivity (Wildman–Crippen MR) is 87.2 cm³/mol. The number of hydrogen-bond donors (Lipinski definition) is 1. The third-order valence-electron chi connectivity index (χ3n) is 5.29. The summed E-state index contributed by atoms with van der Waals surface area (Å²) in [5, 5.41) is 3.77. The summed E-state index contributed by atoms with van der Waals surface area (Å²) in [5.74, 6) is 0.926. The van der Waals surface area contributed by atoms with Crippen molar-refractivity contribution in [1.82, 2.24) is 15.1 Å². The molecule has 118 valence electrons. The Bertz CT molecular complexity index is 269. The van der Waals surface area contributed by atoms with Crippen molar-refractivity contribution in [2.75, 3.05) is 39.8 Å². The summed E-state index contributed by atoms with van der Waals surface area (Å²) >= 11 is 0. The second kappa shape index (κ2) is 8.35. The lowest BCUT2D eigenvalue weighted by molar-refractivity contribution is 0.185. The van der Waals surface area contributed by atoms with Crippen molar-refractivity contribution in [2.45, 2.75) is 64.5 Å². The molecule has 0 aromatic heterocycles. The summed E-state index contributed by atoms with van der Waals surface area (Å²) in [6, 6.07) is 1.53. The molecular weight excluding hydrogens is 246 g/mol. The Balaban J connectivity index is 1.75. The third kappa shape index (κ3) is 4.71. The molecule has 2 rings (SSSR count). The summed E-state index contributed by atoms with van der Waals surface area (Å²) in [6.07, 6.45) is 8.29. The Morgan fingerprint density at radius 1 is 1.15 bits per heavy atom. The first-order valence-electron chi connectivity index (χ1n) is 8.86. The predicted octanol–water partition coefficient (Wildman–Crippen LogP) is 2.57. The first-order valence-corrected chi connectivity index (χ1v) is 8.86. The Hall–Kier alpha value is -0.120. The summed E-state index contributed by atoms with van der Waals surface area (Å²) in [7, 11) is 2.27. The lowest BCUT2D eigenvalue weighted by Gasteiger charge is -2.30. The smallest absolute Gasteiger partial charge is 0.0194 e. The second-order valence-electron chi connectivity index (χ2n) is 7.04. The van der Waals surface area contributed by atoms with Crippen molar-refractivity contribution in [3.8, 4) is 0 Å². The van der Waals surface area contributed by atoms with Crippen LogP contribution < -0.4 is 5.32 Å². The van der Waals surface area contributed by atoms with E-state index < -0.39 is 0 Å². The van der Waals surface area contributed by atoms with E-state index in [1.54, 1.807) is 0 Å². The van der Waals surface area contributed by atoms with Crippen LogP contribution in [-0.2, 0) is 0 Å². The highest BCUT2D eigenvalue weighted by Crippen LogP contribution is 2.29. The maximum Gasteiger partial charge on any atom is 0.0194 e. The molecular formula is C17H35N3. The molecule has 3 nitrogen and oxygen atoms in total. The van der Waals surface area contributed by atoms with Gasteiger partial charge in [0.05, 0.1) is 0 Å². The summed E-state index contributed by atoms with van der Waals surface area (Å²) in [6.45, 7) is 11.0. The van der Waals surface area contributed by atoms with Crippen molar-refractivity contribution in [2.24, 2.45) is 5.92 Å². The van der Waals surface area contributed by atoms with Gasteiger partial charge in [-0.25, -0.2) is 0 Å². The lowest BCUT2D eigenvalue weighted by atomic mass is 9.98. The highest BCUT2D eigenvalue weighted by Gasteiger charge is 2.28. The maximum absolute atomic E-state index is 3.77. The third-order valence-corrected chi connectivity index (χ3v) is 5.29. The summed E-state index contributed by atoms with van der Waals surface area (Å²) in [4.78, 5) is 5.23. The molecule has 1 heterocycles. The van der Waals surface area contributed by atoms with Crippen molar-refractivity contribution in [1.29, 1.82) is 0 Å². The fourth-order valence-corrected chi connectivity index (χ4v) is 4.07. The molecule has 0 aromatic rings. The summed E-state index contributed by atoms with van der Waals surface area (Å²) < 4.78 is 0. The minimum Gasteiger partial charge on any atom is -0.314 e. The monoisotopic (exact) mass is 281 g/mol. The van der Waals surface area contributed by atoms with Crippen LogP contribution in [0.1, 0.15) is 52.4 Å². The molecule has 0 spiro atoms. The molecule has 2 aliphatic rings. The van der Waals surface area contributed by atoms with Crippen LogP contribution in [0.3, 0.4) is 0 Å². The van der Waals surface area contributed by atoms with Gasteiger partial charge in [0.2, 0.25) is 0 Å². The number of likely N-dealkylation sites (N-methyl/N-ethyl adjacent to an activating group) is 1. The first-order chi connectivity index (χ1) is 9.70. The fraction of sp³-hybridized carbons (Fsp3) is 1.00. The van der Waals surface area contributed by atoms with Gasteiger partial charge in [0.1, 0.15) is 0 Å². The van der Waals surface area contributed by atoms with E-state index in [2.05, 4.69) is 36.0 Å². The van der Waals surface area contributed by atoms with Gasteiger partial charge in [-0.15, -0.1) is 0 Å². The Morgan fingerprint density at radius 2 is 2.00 bits per heavy atom. The minimum atomic E-state index is 0.728. The van der Waals surface area contributed by atoms with Gasteiger partial charge in [-0.05, 0) is 78.2 Å². The number of nitrogens with zero attached hydrogens (tertiary/aromatic N) is 2. The van der Waals surface area contributed by atoms with E-state index in [-0.39, 0.29) is 0 Å². The Labute approximate surface area is 126 Å². The van der Waals surface area contributed by atoms with E-state index in [1.165, 1.54) is 71.2 Å². The minimum absolute atomic E-state index is 0.728. The quantitative estimate of drug-likeness (QED) is 0.807. The van der Waals surface area contributed by atoms with Crippen LogP contribution >= 0.6 is 0 Å². The molecule has 0 aromatic carbocycles. The standard InChI is InChI=1S/C17H35N3/c1-4-10-18-17-8-5-7-16(17)9-13-20-12-6-11-19(3)14-15(20)2/h15-18H,4-14H2,1-3H3. The zero-order chi connectivity index (χ0) is 14.4. The molecule has 0 amide bonds. The molecule has 1 N–H and O–H groups in total. The zero-order valence-electron chi connectivity index (χ0n) is 13.9.